The third-order valence-corrected chi connectivity index (χ3v) is 5.97. The van der Waals surface area contributed by atoms with Crippen molar-refractivity contribution < 1.29 is 33.3 Å². The summed E-state index contributed by atoms with van der Waals surface area (Å²) in [5.74, 6) is -0.0194. The fourth-order valence-corrected chi connectivity index (χ4v) is 4.13. The first-order valence-corrected chi connectivity index (χ1v) is 11.9. The van der Waals surface area contributed by atoms with E-state index < -0.39 is 24.2 Å². The first kappa shape index (κ1) is 24.3. The second-order valence-electron chi connectivity index (χ2n) is 8.50. The van der Waals surface area contributed by atoms with E-state index in [1.165, 1.54) is 4.90 Å². The van der Waals surface area contributed by atoms with Gasteiger partial charge in [-0.25, -0.2) is 14.6 Å². The number of hydrogen-bond acceptors (Lipinski definition) is 8. The topological polar surface area (TPSA) is 116 Å². The summed E-state index contributed by atoms with van der Waals surface area (Å²) in [6.07, 6.45) is -0.868. The molecule has 1 aromatic heterocycles. The Morgan fingerprint density at radius 1 is 1.03 bits per heavy atom. The molecule has 37 heavy (non-hydrogen) atoms. The van der Waals surface area contributed by atoms with Crippen molar-refractivity contribution in [2.24, 2.45) is 0 Å². The molecule has 0 spiro atoms. The SMILES string of the molecule is O=C1COc2ccc(N3C(=O)OC(CCOCc4ccccc4)C3COC(=O)c3ccccc3)nc2N1. The Hall–Kier alpha value is -4.44. The molecular formula is C27H25N3O7. The van der Waals surface area contributed by atoms with Crippen LogP contribution in [0.3, 0.4) is 0 Å². The normalized spacial score (nSPS) is 18.4. The van der Waals surface area contributed by atoms with Crippen LogP contribution in [0.5, 0.6) is 5.75 Å². The van der Waals surface area contributed by atoms with Gasteiger partial charge in [-0.15, -0.1) is 0 Å². The average Bonchev–Trinajstić information content (AvgIpc) is 3.24. The number of hydrogen-bond donors (Lipinski definition) is 1. The predicted octanol–water partition coefficient (Wildman–Crippen LogP) is 3.57. The number of cyclic esters (lactones) is 1. The van der Waals surface area contributed by atoms with Crippen LogP contribution in [0.4, 0.5) is 16.4 Å². The van der Waals surface area contributed by atoms with Crippen molar-refractivity contribution in [1.29, 1.82) is 0 Å². The van der Waals surface area contributed by atoms with Crippen LogP contribution in [0.25, 0.3) is 0 Å². The standard InChI is InChI=1S/C27H25N3O7/c31-24-17-35-22-11-12-23(28-25(22)29-24)30-20(16-36-26(32)19-9-5-2-6-10-19)21(37-27(30)33)13-14-34-15-18-7-3-1-4-8-18/h1-12,20-21H,13-17H2,(H,28,29,31). The molecule has 0 saturated carbocycles. The molecule has 2 aromatic carbocycles. The zero-order chi connectivity index (χ0) is 25.6. The van der Waals surface area contributed by atoms with Crippen LogP contribution in [0, 0.1) is 0 Å². The first-order chi connectivity index (χ1) is 18.1. The lowest BCUT2D eigenvalue weighted by Crippen LogP contribution is -2.42. The molecule has 2 aliphatic heterocycles. The number of anilines is 2. The molecule has 5 rings (SSSR count). The van der Waals surface area contributed by atoms with Crippen molar-refractivity contribution in [3.8, 4) is 5.75 Å². The van der Waals surface area contributed by atoms with Crippen LogP contribution in [0.2, 0.25) is 0 Å². The highest BCUT2D eigenvalue weighted by molar-refractivity contribution is 5.95. The van der Waals surface area contributed by atoms with E-state index in [0.29, 0.717) is 30.9 Å². The zero-order valence-corrected chi connectivity index (χ0v) is 19.9. The second-order valence-corrected chi connectivity index (χ2v) is 8.50. The van der Waals surface area contributed by atoms with Crippen molar-refractivity contribution in [1.82, 2.24) is 4.98 Å². The highest BCUT2D eigenvalue weighted by Crippen LogP contribution is 2.33. The van der Waals surface area contributed by atoms with E-state index in [0.717, 1.165) is 5.56 Å². The number of aromatic nitrogens is 1. The summed E-state index contributed by atoms with van der Waals surface area (Å²) in [4.78, 5) is 43.0. The number of amides is 2. The van der Waals surface area contributed by atoms with Gasteiger partial charge in [0.2, 0.25) is 0 Å². The van der Waals surface area contributed by atoms with Crippen LogP contribution < -0.4 is 15.0 Å². The number of benzene rings is 2. The van der Waals surface area contributed by atoms with Gasteiger partial charge in [0.15, 0.2) is 18.2 Å². The van der Waals surface area contributed by atoms with Gasteiger partial charge in [0.25, 0.3) is 5.91 Å². The van der Waals surface area contributed by atoms with Crippen molar-refractivity contribution in [3.63, 3.8) is 0 Å². The fourth-order valence-electron chi connectivity index (χ4n) is 4.13. The Balaban J connectivity index is 1.31. The number of fused-ring (bicyclic) bond motifs is 1. The molecule has 0 bridgehead atoms. The molecule has 2 amide bonds. The van der Waals surface area contributed by atoms with E-state index in [-0.39, 0.29) is 30.8 Å². The molecule has 190 valence electrons. The first-order valence-electron chi connectivity index (χ1n) is 11.9. The van der Waals surface area contributed by atoms with E-state index in [2.05, 4.69) is 10.3 Å². The Morgan fingerprint density at radius 2 is 1.78 bits per heavy atom. The number of nitrogens with one attached hydrogen (secondary N) is 1. The number of esters is 1. The monoisotopic (exact) mass is 503 g/mol. The average molecular weight is 504 g/mol. The number of carbonyl (C=O) groups is 3. The minimum atomic E-state index is -0.661. The Bertz CT molecular complexity index is 1270. The fraction of sp³-hybridized carbons (Fsp3) is 0.259. The van der Waals surface area contributed by atoms with E-state index >= 15 is 0 Å². The Kier molecular flexibility index (Phi) is 7.27. The molecule has 10 nitrogen and oxygen atoms in total. The minimum absolute atomic E-state index is 0.108. The molecule has 2 aliphatic rings. The van der Waals surface area contributed by atoms with Gasteiger partial charge in [0, 0.05) is 6.42 Å². The summed E-state index contributed by atoms with van der Waals surface area (Å²) in [5, 5.41) is 2.63. The third kappa shape index (κ3) is 5.70. The zero-order valence-electron chi connectivity index (χ0n) is 19.9. The van der Waals surface area contributed by atoms with E-state index in [1.54, 1.807) is 42.5 Å². The van der Waals surface area contributed by atoms with Gasteiger partial charge in [-0.2, -0.15) is 0 Å². The number of nitrogens with zero attached hydrogens (tertiary/aromatic N) is 2. The van der Waals surface area contributed by atoms with Crippen LogP contribution in [-0.2, 0) is 25.6 Å². The number of pyridine rings is 1. The quantitative estimate of drug-likeness (QED) is 0.348. The summed E-state index contributed by atoms with van der Waals surface area (Å²) in [6, 6.07) is 20.9. The number of ether oxygens (including phenoxy) is 4. The molecule has 2 unspecified atom stereocenters. The second kappa shape index (κ2) is 11.1. The number of rotatable bonds is 9. The maximum Gasteiger partial charge on any atom is 0.416 e. The van der Waals surface area contributed by atoms with Crippen molar-refractivity contribution in [2.45, 2.75) is 25.2 Å². The van der Waals surface area contributed by atoms with Crippen LogP contribution >= 0.6 is 0 Å². The molecule has 10 heteroatoms. The molecule has 1 saturated heterocycles. The van der Waals surface area contributed by atoms with Gasteiger partial charge in [-0.3, -0.25) is 9.69 Å². The maximum absolute atomic E-state index is 13.0. The highest BCUT2D eigenvalue weighted by atomic mass is 16.6. The molecular weight excluding hydrogens is 478 g/mol. The van der Waals surface area contributed by atoms with E-state index in [1.807, 2.05) is 30.3 Å². The maximum atomic E-state index is 13.0. The van der Waals surface area contributed by atoms with Gasteiger partial charge in [-0.05, 0) is 29.8 Å². The molecule has 0 aliphatic carbocycles. The van der Waals surface area contributed by atoms with Gasteiger partial charge in [0.1, 0.15) is 24.6 Å². The summed E-state index contributed by atoms with van der Waals surface area (Å²) in [5.41, 5.74) is 1.43. The molecule has 2 atom stereocenters. The smallest absolute Gasteiger partial charge is 0.416 e. The van der Waals surface area contributed by atoms with Gasteiger partial charge in [0.05, 0.1) is 18.8 Å². The van der Waals surface area contributed by atoms with Gasteiger partial charge in [-0.1, -0.05) is 48.5 Å². The molecule has 3 heterocycles. The van der Waals surface area contributed by atoms with Gasteiger partial charge >= 0.3 is 12.1 Å². The van der Waals surface area contributed by atoms with Crippen molar-refractivity contribution in [2.75, 3.05) is 30.0 Å². The minimum Gasteiger partial charge on any atom is -0.480 e. The summed E-state index contributed by atoms with van der Waals surface area (Å²) < 4.78 is 22.4. The molecule has 1 N–H and O–H groups in total. The van der Waals surface area contributed by atoms with Crippen molar-refractivity contribution >= 4 is 29.6 Å². The van der Waals surface area contributed by atoms with Crippen LogP contribution in [0.1, 0.15) is 22.3 Å². The Labute approximate surface area is 213 Å². The van der Waals surface area contributed by atoms with Gasteiger partial charge < -0.3 is 24.3 Å². The lowest BCUT2D eigenvalue weighted by atomic mass is 10.1. The number of carbonyl (C=O) groups excluding carboxylic acids is 3. The molecule has 3 aromatic rings. The summed E-state index contributed by atoms with van der Waals surface area (Å²) in [7, 11) is 0. The third-order valence-electron chi connectivity index (χ3n) is 5.97. The lowest BCUT2D eigenvalue weighted by molar-refractivity contribution is -0.118. The summed E-state index contributed by atoms with van der Waals surface area (Å²) >= 11 is 0. The molecule has 0 radical (unpaired) electrons. The molecule has 1 fully saturated rings. The van der Waals surface area contributed by atoms with E-state index in [9.17, 15) is 14.4 Å². The van der Waals surface area contributed by atoms with E-state index in [4.69, 9.17) is 18.9 Å². The van der Waals surface area contributed by atoms with Crippen LogP contribution in [-0.4, -0.2) is 54.9 Å². The predicted molar refractivity (Wildman–Crippen MR) is 132 cm³/mol. The van der Waals surface area contributed by atoms with Crippen molar-refractivity contribution in [3.05, 3.63) is 83.9 Å². The summed E-state index contributed by atoms with van der Waals surface area (Å²) in [6.45, 7) is 0.517. The van der Waals surface area contributed by atoms with Crippen LogP contribution in [0.15, 0.2) is 72.8 Å². The highest BCUT2D eigenvalue weighted by Gasteiger charge is 2.44. The Morgan fingerprint density at radius 3 is 2.57 bits per heavy atom. The largest absolute Gasteiger partial charge is 0.480 e. The lowest BCUT2D eigenvalue weighted by Gasteiger charge is -2.25.